The summed E-state index contributed by atoms with van der Waals surface area (Å²) in [5, 5.41) is 0.822. The van der Waals surface area contributed by atoms with E-state index in [4.69, 9.17) is 4.74 Å². The summed E-state index contributed by atoms with van der Waals surface area (Å²) in [6.07, 6.45) is 7.22. The van der Waals surface area contributed by atoms with Crippen LogP contribution in [0, 0.1) is 0 Å². The lowest BCUT2D eigenvalue weighted by atomic mass is 10.0. The normalized spacial score (nSPS) is 28.7. The lowest BCUT2D eigenvalue weighted by Crippen LogP contribution is -2.43. The molecule has 0 spiro atoms. The molecule has 3 nitrogen and oxygen atoms in total. The van der Waals surface area contributed by atoms with E-state index in [-0.39, 0.29) is 0 Å². The Hall–Kier alpha value is -1.39. The van der Waals surface area contributed by atoms with Crippen LogP contribution in [0.4, 0.5) is 0 Å². The summed E-state index contributed by atoms with van der Waals surface area (Å²) < 4.78 is 6.17. The molecule has 110 valence electrons. The molecular weight excluding hydrogens is 280 g/mol. The number of piperidine rings is 1. The van der Waals surface area contributed by atoms with Crippen molar-refractivity contribution in [3.63, 3.8) is 0 Å². The molecule has 2 saturated heterocycles. The zero-order chi connectivity index (χ0) is 14.2. The molecule has 4 heteroatoms. The number of benzene rings is 1. The molecule has 2 aromatic rings. The minimum absolute atomic E-state index is 0.341. The summed E-state index contributed by atoms with van der Waals surface area (Å²) in [6.45, 7) is 0. The van der Waals surface area contributed by atoms with Gasteiger partial charge in [-0.3, -0.25) is 0 Å². The van der Waals surface area contributed by atoms with E-state index >= 15 is 0 Å². The molecule has 0 amide bonds. The average molecular weight is 300 g/mol. The summed E-state index contributed by atoms with van der Waals surface area (Å²) in [6, 6.07) is 11.8. The Bertz CT molecular complexity index is 598. The zero-order valence-electron chi connectivity index (χ0n) is 12.2. The monoisotopic (exact) mass is 300 g/mol. The summed E-state index contributed by atoms with van der Waals surface area (Å²) in [5.41, 5.74) is 1.22. The molecule has 0 saturated carbocycles. The molecule has 0 radical (unpaired) electrons. The molecule has 21 heavy (non-hydrogen) atoms. The van der Waals surface area contributed by atoms with Crippen molar-refractivity contribution in [2.24, 2.45) is 0 Å². The third-order valence-electron chi connectivity index (χ3n) is 4.87. The molecule has 2 aliphatic heterocycles. The van der Waals surface area contributed by atoms with Gasteiger partial charge in [0.05, 0.1) is 4.88 Å². The topological polar surface area (TPSA) is 25.4 Å². The van der Waals surface area contributed by atoms with Gasteiger partial charge in [0.2, 0.25) is 0 Å². The smallest absolute Gasteiger partial charge is 0.273 e. The highest BCUT2D eigenvalue weighted by molar-refractivity contribution is 7.16. The molecule has 2 fully saturated rings. The molecule has 4 rings (SSSR count). The van der Waals surface area contributed by atoms with Gasteiger partial charge in [0.1, 0.15) is 6.10 Å². The summed E-state index contributed by atoms with van der Waals surface area (Å²) >= 11 is 1.66. The van der Waals surface area contributed by atoms with E-state index in [1.165, 1.54) is 23.3 Å². The first-order valence-electron chi connectivity index (χ1n) is 7.69. The van der Waals surface area contributed by atoms with Crippen molar-refractivity contribution >= 4 is 11.3 Å². The van der Waals surface area contributed by atoms with E-state index < -0.39 is 0 Å². The second-order valence-electron chi connectivity index (χ2n) is 6.12. The van der Waals surface area contributed by atoms with Gasteiger partial charge >= 0.3 is 0 Å². The van der Waals surface area contributed by atoms with Crippen LogP contribution < -0.4 is 4.74 Å². The molecule has 1 aromatic carbocycles. The van der Waals surface area contributed by atoms with Crippen LogP contribution in [0.5, 0.6) is 5.19 Å². The Morgan fingerprint density at radius 1 is 1.14 bits per heavy atom. The van der Waals surface area contributed by atoms with Crippen molar-refractivity contribution in [1.29, 1.82) is 0 Å². The van der Waals surface area contributed by atoms with Crippen molar-refractivity contribution < 1.29 is 4.74 Å². The van der Waals surface area contributed by atoms with Gasteiger partial charge in [-0.1, -0.05) is 41.7 Å². The van der Waals surface area contributed by atoms with E-state index in [0.717, 1.165) is 18.0 Å². The van der Waals surface area contributed by atoms with Crippen LogP contribution in [-0.2, 0) is 0 Å². The van der Waals surface area contributed by atoms with Crippen molar-refractivity contribution in [3.05, 3.63) is 36.5 Å². The first-order valence-corrected chi connectivity index (χ1v) is 8.51. The number of aromatic nitrogens is 1. The van der Waals surface area contributed by atoms with Crippen molar-refractivity contribution in [3.8, 4) is 15.6 Å². The number of hydrogen-bond donors (Lipinski definition) is 0. The van der Waals surface area contributed by atoms with Gasteiger partial charge in [-0.25, -0.2) is 4.98 Å². The van der Waals surface area contributed by atoms with Crippen molar-refractivity contribution in [1.82, 2.24) is 9.88 Å². The number of ether oxygens (including phenoxy) is 1. The SMILES string of the molecule is CN1C2CC[C@H]1CC(Oc1ncc(-c3ccccc3)s1)C2. The maximum Gasteiger partial charge on any atom is 0.273 e. The van der Waals surface area contributed by atoms with E-state index in [1.807, 2.05) is 12.3 Å². The fraction of sp³-hybridized carbons (Fsp3) is 0.471. The number of thiazole rings is 1. The van der Waals surface area contributed by atoms with Crippen LogP contribution >= 0.6 is 11.3 Å². The van der Waals surface area contributed by atoms with Gasteiger partial charge in [-0.05, 0) is 38.3 Å². The minimum atomic E-state index is 0.341. The van der Waals surface area contributed by atoms with Crippen LogP contribution in [0.25, 0.3) is 10.4 Å². The number of hydrogen-bond acceptors (Lipinski definition) is 4. The van der Waals surface area contributed by atoms with Crippen LogP contribution in [0.1, 0.15) is 25.7 Å². The van der Waals surface area contributed by atoms with Crippen molar-refractivity contribution in [2.45, 2.75) is 43.9 Å². The van der Waals surface area contributed by atoms with E-state index in [9.17, 15) is 0 Å². The van der Waals surface area contributed by atoms with Crippen LogP contribution in [0.3, 0.4) is 0 Å². The molecule has 2 unspecified atom stereocenters. The number of nitrogens with zero attached hydrogens (tertiary/aromatic N) is 2. The molecule has 2 bridgehead atoms. The highest BCUT2D eigenvalue weighted by atomic mass is 32.1. The van der Waals surface area contributed by atoms with Crippen LogP contribution in [-0.4, -0.2) is 35.1 Å². The van der Waals surface area contributed by atoms with E-state index in [0.29, 0.717) is 18.2 Å². The quantitative estimate of drug-likeness (QED) is 0.862. The predicted molar refractivity (Wildman–Crippen MR) is 85.8 cm³/mol. The van der Waals surface area contributed by atoms with Gasteiger partial charge in [-0.2, -0.15) is 0 Å². The highest BCUT2D eigenvalue weighted by Gasteiger charge is 2.39. The molecule has 3 heterocycles. The fourth-order valence-corrected chi connectivity index (χ4v) is 4.49. The Balaban J connectivity index is 1.45. The molecule has 0 aliphatic carbocycles. The van der Waals surface area contributed by atoms with Crippen molar-refractivity contribution in [2.75, 3.05) is 7.05 Å². The standard InChI is InChI=1S/C17H20N2OS/c1-19-13-7-8-14(19)10-15(9-13)20-17-18-11-16(21-17)12-5-3-2-4-6-12/h2-6,11,13-15H,7-10H2,1H3/t13-,14?,15?/m0/s1. The van der Waals surface area contributed by atoms with Gasteiger partial charge in [0.15, 0.2) is 0 Å². The maximum absolute atomic E-state index is 6.17. The fourth-order valence-electron chi connectivity index (χ4n) is 3.65. The summed E-state index contributed by atoms with van der Waals surface area (Å²) in [5.74, 6) is 0. The van der Waals surface area contributed by atoms with Gasteiger partial charge in [-0.15, -0.1) is 0 Å². The van der Waals surface area contributed by atoms with Crippen LogP contribution in [0.2, 0.25) is 0 Å². The Morgan fingerprint density at radius 2 is 1.86 bits per heavy atom. The Labute approximate surface area is 129 Å². The summed E-state index contributed by atoms with van der Waals surface area (Å²) in [7, 11) is 2.26. The largest absolute Gasteiger partial charge is 0.467 e. The number of rotatable bonds is 3. The number of fused-ring (bicyclic) bond motifs is 2. The van der Waals surface area contributed by atoms with E-state index in [1.54, 1.807) is 11.3 Å². The molecular formula is C17H20N2OS. The van der Waals surface area contributed by atoms with E-state index in [2.05, 4.69) is 41.2 Å². The lowest BCUT2D eigenvalue weighted by Gasteiger charge is -2.35. The average Bonchev–Trinajstić information content (AvgIpc) is 3.03. The minimum Gasteiger partial charge on any atom is -0.467 e. The first-order chi connectivity index (χ1) is 10.3. The molecule has 0 N–H and O–H groups in total. The highest BCUT2D eigenvalue weighted by Crippen LogP contribution is 2.37. The Morgan fingerprint density at radius 3 is 2.57 bits per heavy atom. The zero-order valence-corrected chi connectivity index (χ0v) is 13.1. The summed E-state index contributed by atoms with van der Waals surface area (Å²) in [4.78, 5) is 8.18. The first kappa shape index (κ1) is 13.3. The molecule has 3 atom stereocenters. The third kappa shape index (κ3) is 2.58. The molecule has 2 aliphatic rings. The van der Waals surface area contributed by atoms with Crippen LogP contribution in [0.15, 0.2) is 36.5 Å². The van der Waals surface area contributed by atoms with Gasteiger partial charge in [0.25, 0.3) is 5.19 Å². The molecule has 1 aromatic heterocycles. The van der Waals surface area contributed by atoms with Gasteiger partial charge in [0, 0.05) is 18.3 Å². The maximum atomic E-state index is 6.17. The van der Waals surface area contributed by atoms with Gasteiger partial charge < -0.3 is 9.64 Å². The second-order valence-corrected chi connectivity index (χ2v) is 7.11. The predicted octanol–water partition coefficient (Wildman–Crippen LogP) is 3.81. The Kier molecular flexibility index (Phi) is 3.43. The lowest BCUT2D eigenvalue weighted by molar-refractivity contribution is 0.0660. The third-order valence-corrected chi connectivity index (χ3v) is 5.80. The second kappa shape index (κ2) is 5.43.